The lowest BCUT2D eigenvalue weighted by atomic mass is 9.83. The Balaban J connectivity index is 2.24. The van der Waals surface area contributed by atoms with Crippen molar-refractivity contribution in [2.75, 3.05) is 6.61 Å². The molecule has 0 saturated heterocycles. The largest absolute Gasteiger partial charge is 0.466 e. The van der Waals surface area contributed by atoms with E-state index in [1.54, 1.807) is 53.0 Å². The van der Waals surface area contributed by atoms with Crippen molar-refractivity contribution in [1.29, 1.82) is 0 Å². The van der Waals surface area contributed by atoms with E-state index in [1.807, 2.05) is 0 Å². The second kappa shape index (κ2) is 8.79. The number of ether oxygens (including phenoxy) is 1. The van der Waals surface area contributed by atoms with Crippen LogP contribution in [0.1, 0.15) is 47.2 Å². The van der Waals surface area contributed by atoms with E-state index in [0.29, 0.717) is 10.7 Å². The Morgan fingerprint density at radius 3 is 2.55 bits per heavy atom. The van der Waals surface area contributed by atoms with Crippen molar-refractivity contribution < 1.29 is 18.7 Å². The molecule has 0 aliphatic rings. The second-order valence-electron chi connectivity index (χ2n) is 7.90. The maximum absolute atomic E-state index is 14.2. The fourth-order valence-corrected chi connectivity index (χ4v) is 3.90. The lowest BCUT2D eigenvalue weighted by Gasteiger charge is -2.32. The van der Waals surface area contributed by atoms with Gasteiger partial charge in [-0.25, -0.2) is 9.37 Å². The number of esters is 1. The van der Waals surface area contributed by atoms with Gasteiger partial charge in [-0.05, 0) is 53.7 Å². The molecule has 1 unspecified atom stereocenters. The quantitative estimate of drug-likeness (QED) is 0.617. The van der Waals surface area contributed by atoms with Crippen molar-refractivity contribution >= 4 is 34.8 Å². The van der Waals surface area contributed by atoms with E-state index in [1.165, 1.54) is 23.5 Å². The summed E-state index contributed by atoms with van der Waals surface area (Å²) in [6.45, 7) is 10.7. The smallest absolute Gasteiger partial charge is 0.313 e. The number of carbonyl (C=O) groups is 2. The molecule has 0 spiro atoms. The number of thiazole rings is 1. The van der Waals surface area contributed by atoms with Gasteiger partial charge in [-0.2, -0.15) is 0 Å². The van der Waals surface area contributed by atoms with Gasteiger partial charge in [-0.3, -0.25) is 9.59 Å². The first-order chi connectivity index (χ1) is 13.4. The minimum absolute atomic E-state index is 0.221. The van der Waals surface area contributed by atoms with E-state index in [2.05, 4.69) is 10.3 Å². The summed E-state index contributed by atoms with van der Waals surface area (Å²) in [6, 6.07) is 3.98. The number of hydrogen-bond donors (Lipinski definition) is 1. The molecule has 0 fully saturated rings. The predicted molar refractivity (Wildman–Crippen MR) is 114 cm³/mol. The number of aromatic nitrogens is 1. The first kappa shape index (κ1) is 23.3. The van der Waals surface area contributed by atoms with Crippen molar-refractivity contribution in [1.82, 2.24) is 10.3 Å². The minimum Gasteiger partial charge on any atom is -0.466 e. The van der Waals surface area contributed by atoms with Crippen LogP contribution >= 0.6 is 22.9 Å². The van der Waals surface area contributed by atoms with Crippen LogP contribution in [-0.2, 0) is 19.7 Å². The average Bonchev–Trinajstić information content (AvgIpc) is 3.12. The zero-order valence-electron chi connectivity index (χ0n) is 17.4. The summed E-state index contributed by atoms with van der Waals surface area (Å²) in [7, 11) is 0. The van der Waals surface area contributed by atoms with Gasteiger partial charge in [0.15, 0.2) is 0 Å². The van der Waals surface area contributed by atoms with Crippen LogP contribution in [0.5, 0.6) is 0 Å². The molecule has 1 aromatic carbocycles. The lowest BCUT2D eigenvalue weighted by molar-refractivity contribution is -0.155. The Labute approximate surface area is 179 Å². The SMILES string of the molecule is CCOC(=O)C(C)(C)C(C)NC(=O)C(C)(C)c1csc(-c2c(F)cccc2Cl)n1. The molecule has 2 rings (SSSR count). The van der Waals surface area contributed by atoms with E-state index < -0.39 is 22.7 Å². The van der Waals surface area contributed by atoms with E-state index in [-0.39, 0.29) is 29.1 Å². The first-order valence-corrected chi connectivity index (χ1v) is 10.6. The van der Waals surface area contributed by atoms with Gasteiger partial charge in [0, 0.05) is 11.4 Å². The average molecular weight is 441 g/mol. The number of benzene rings is 1. The Kier molecular flexibility index (Phi) is 7.06. The summed E-state index contributed by atoms with van der Waals surface area (Å²) in [6.07, 6.45) is 0. The molecule has 2 aromatic rings. The molecule has 0 aliphatic heterocycles. The summed E-state index contributed by atoms with van der Waals surface area (Å²) in [5.74, 6) is -1.14. The Morgan fingerprint density at radius 2 is 1.97 bits per heavy atom. The van der Waals surface area contributed by atoms with E-state index in [4.69, 9.17) is 16.3 Å². The third kappa shape index (κ3) is 4.78. The van der Waals surface area contributed by atoms with Gasteiger partial charge >= 0.3 is 5.97 Å². The van der Waals surface area contributed by atoms with Gasteiger partial charge in [0.05, 0.1) is 33.7 Å². The molecule has 1 heterocycles. The molecule has 0 bridgehead atoms. The zero-order valence-corrected chi connectivity index (χ0v) is 19.0. The molecule has 29 heavy (non-hydrogen) atoms. The van der Waals surface area contributed by atoms with Crippen LogP contribution in [0, 0.1) is 11.2 Å². The van der Waals surface area contributed by atoms with Gasteiger partial charge in [-0.1, -0.05) is 17.7 Å². The van der Waals surface area contributed by atoms with Gasteiger partial charge in [-0.15, -0.1) is 11.3 Å². The van der Waals surface area contributed by atoms with Crippen LogP contribution in [0.4, 0.5) is 4.39 Å². The van der Waals surface area contributed by atoms with Gasteiger partial charge in [0.2, 0.25) is 5.91 Å². The third-order valence-electron chi connectivity index (χ3n) is 5.12. The molecule has 158 valence electrons. The predicted octanol–water partition coefficient (Wildman–Crippen LogP) is 4.97. The molecule has 0 saturated carbocycles. The normalized spacial score (nSPS) is 13.1. The molecular weight excluding hydrogens is 415 g/mol. The molecule has 8 heteroatoms. The van der Waals surface area contributed by atoms with Gasteiger partial charge < -0.3 is 10.1 Å². The number of nitrogens with zero attached hydrogens (tertiary/aromatic N) is 1. The van der Waals surface area contributed by atoms with Crippen LogP contribution < -0.4 is 5.32 Å². The molecule has 0 aliphatic carbocycles. The minimum atomic E-state index is -0.995. The third-order valence-corrected chi connectivity index (χ3v) is 6.30. The van der Waals surface area contributed by atoms with Gasteiger partial charge in [0.25, 0.3) is 0 Å². The Hall–Kier alpha value is -1.99. The van der Waals surface area contributed by atoms with E-state index in [9.17, 15) is 14.0 Å². The second-order valence-corrected chi connectivity index (χ2v) is 9.16. The van der Waals surface area contributed by atoms with Crippen LogP contribution in [0.15, 0.2) is 23.6 Å². The van der Waals surface area contributed by atoms with Crippen LogP contribution in [0.3, 0.4) is 0 Å². The van der Waals surface area contributed by atoms with Gasteiger partial charge in [0.1, 0.15) is 10.8 Å². The summed E-state index contributed by atoms with van der Waals surface area (Å²) < 4.78 is 19.3. The number of carbonyl (C=O) groups excluding carboxylic acids is 2. The van der Waals surface area contributed by atoms with Crippen molar-refractivity contribution in [2.24, 2.45) is 5.41 Å². The standard InChI is InChI=1S/C21H26ClFN2O3S/c1-7-28-19(27)20(3,4)12(2)24-18(26)21(5,6)15-11-29-17(25-15)16-13(22)9-8-10-14(16)23/h8-12H,7H2,1-6H3,(H,24,26). The highest BCUT2D eigenvalue weighted by atomic mass is 35.5. The lowest BCUT2D eigenvalue weighted by Crippen LogP contribution is -2.52. The molecule has 1 atom stereocenters. The maximum atomic E-state index is 14.2. The molecule has 1 N–H and O–H groups in total. The fraction of sp³-hybridized carbons (Fsp3) is 0.476. The molecular formula is C21H26ClFN2O3S. The molecule has 0 radical (unpaired) electrons. The van der Waals surface area contributed by atoms with Crippen molar-refractivity contribution in [3.63, 3.8) is 0 Å². The first-order valence-electron chi connectivity index (χ1n) is 9.31. The van der Waals surface area contributed by atoms with E-state index in [0.717, 1.165) is 0 Å². The molecule has 1 aromatic heterocycles. The number of halogens is 2. The van der Waals surface area contributed by atoms with Crippen molar-refractivity contribution in [2.45, 2.75) is 53.0 Å². The Bertz CT molecular complexity index is 891. The number of rotatable bonds is 7. The fourth-order valence-electron chi connectivity index (χ4n) is 2.55. The number of hydrogen-bond acceptors (Lipinski definition) is 5. The van der Waals surface area contributed by atoms with Crippen LogP contribution in [0.25, 0.3) is 10.6 Å². The monoisotopic (exact) mass is 440 g/mol. The Morgan fingerprint density at radius 1 is 1.31 bits per heavy atom. The highest BCUT2D eigenvalue weighted by molar-refractivity contribution is 7.13. The maximum Gasteiger partial charge on any atom is 0.313 e. The summed E-state index contributed by atoms with van der Waals surface area (Å²) in [5.41, 5.74) is -1.17. The van der Waals surface area contributed by atoms with Crippen LogP contribution in [-0.4, -0.2) is 29.5 Å². The highest BCUT2D eigenvalue weighted by Crippen LogP contribution is 2.36. The molecule has 1 amide bonds. The topological polar surface area (TPSA) is 68.3 Å². The number of amides is 1. The van der Waals surface area contributed by atoms with Crippen molar-refractivity contribution in [3.05, 3.63) is 40.1 Å². The van der Waals surface area contributed by atoms with Crippen LogP contribution in [0.2, 0.25) is 5.02 Å². The highest BCUT2D eigenvalue weighted by Gasteiger charge is 2.40. The van der Waals surface area contributed by atoms with Crippen molar-refractivity contribution in [3.8, 4) is 10.6 Å². The van der Waals surface area contributed by atoms with E-state index >= 15 is 0 Å². The number of nitrogens with one attached hydrogen (secondary N) is 1. The summed E-state index contributed by atoms with van der Waals surface area (Å²) in [5, 5.41) is 5.28. The summed E-state index contributed by atoms with van der Waals surface area (Å²) >= 11 is 7.35. The molecule has 5 nitrogen and oxygen atoms in total. The summed E-state index contributed by atoms with van der Waals surface area (Å²) in [4.78, 5) is 29.7. The zero-order chi connectivity index (χ0) is 22.0.